The summed E-state index contributed by atoms with van der Waals surface area (Å²) in [4.78, 5) is 27.9. The second kappa shape index (κ2) is 7.15. The molecule has 0 bridgehead atoms. The third-order valence-corrected chi connectivity index (χ3v) is 3.60. The van der Waals surface area contributed by atoms with Gasteiger partial charge in [-0.1, -0.05) is 0 Å². The average molecular weight is 305 g/mol. The predicted octanol–water partition coefficient (Wildman–Crippen LogP) is 1.57. The summed E-state index contributed by atoms with van der Waals surface area (Å²) in [7, 11) is 1.60. The van der Waals surface area contributed by atoms with Crippen molar-refractivity contribution in [3.05, 3.63) is 29.8 Å². The number of hydrogen-bond donors (Lipinski definition) is 1. The van der Waals surface area contributed by atoms with E-state index >= 15 is 0 Å². The predicted molar refractivity (Wildman–Crippen MR) is 84.1 cm³/mol. The van der Waals surface area contributed by atoms with Gasteiger partial charge >= 0.3 is 6.03 Å². The zero-order valence-corrected chi connectivity index (χ0v) is 13.3. The number of piperazine rings is 1. The van der Waals surface area contributed by atoms with Crippen molar-refractivity contribution in [2.45, 2.75) is 19.9 Å². The minimum Gasteiger partial charge on any atom is -0.497 e. The number of benzene rings is 1. The Labute approximate surface area is 131 Å². The molecule has 0 atom stereocenters. The highest BCUT2D eigenvalue weighted by molar-refractivity contribution is 5.94. The fraction of sp³-hybridized carbons (Fsp3) is 0.500. The molecular formula is C16H23N3O3. The second-order valence-electron chi connectivity index (χ2n) is 5.61. The van der Waals surface area contributed by atoms with Crippen LogP contribution >= 0.6 is 0 Å². The molecule has 0 radical (unpaired) electrons. The summed E-state index contributed by atoms with van der Waals surface area (Å²) < 4.78 is 5.09. The van der Waals surface area contributed by atoms with Crippen LogP contribution in [-0.4, -0.2) is 61.1 Å². The van der Waals surface area contributed by atoms with Gasteiger partial charge in [-0.05, 0) is 38.1 Å². The zero-order valence-electron chi connectivity index (χ0n) is 13.3. The highest BCUT2D eigenvalue weighted by atomic mass is 16.5. The Balaban J connectivity index is 1.90. The molecule has 1 aliphatic heterocycles. The molecule has 0 saturated carbocycles. The van der Waals surface area contributed by atoms with E-state index in [-0.39, 0.29) is 18.0 Å². The first kappa shape index (κ1) is 16.1. The van der Waals surface area contributed by atoms with Crippen molar-refractivity contribution in [1.82, 2.24) is 15.1 Å². The molecule has 1 aromatic carbocycles. The van der Waals surface area contributed by atoms with Crippen LogP contribution in [-0.2, 0) is 0 Å². The van der Waals surface area contributed by atoms with Crippen LogP contribution in [0.4, 0.5) is 4.79 Å². The van der Waals surface area contributed by atoms with E-state index in [4.69, 9.17) is 4.74 Å². The minimum atomic E-state index is -0.0634. The normalized spacial score (nSPS) is 14.9. The first-order chi connectivity index (χ1) is 10.5. The van der Waals surface area contributed by atoms with Crippen LogP contribution in [0.1, 0.15) is 24.2 Å². The molecule has 22 heavy (non-hydrogen) atoms. The van der Waals surface area contributed by atoms with E-state index < -0.39 is 0 Å². The Morgan fingerprint density at radius 2 is 1.59 bits per heavy atom. The SMILES string of the molecule is COc1ccc(C(=O)N2CCN(C(=O)NC(C)C)CC2)cc1. The van der Waals surface area contributed by atoms with Crippen molar-refractivity contribution in [3.63, 3.8) is 0 Å². The quantitative estimate of drug-likeness (QED) is 0.922. The third kappa shape index (κ3) is 3.90. The van der Waals surface area contributed by atoms with Gasteiger partial charge in [-0.15, -0.1) is 0 Å². The van der Waals surface area contributed by atoms with Gasteiger partial charge in [0, 0.05) is 37.8 Å². The van der Waals surface area contributed by atoms with Crippen LogP contribution < -0.4 is 10.1 Å². The summed E-state index contributed by atoms with van der Waals surface area (Å²) >= 11 is 0. The fourth-order valence-electron chi connectivity index (χ4n) is 2.37. The van der Waals surface area contributed by atoms with Gasteiger partial charge in [0.15, 0.2) is 0 Å². The molecule has 1 aliphatic rings. The number of urea groups is 1. The maximum Gasteiger partial charge on any atom is 0.317 e. The molecule has 0 spiro atoms. The lowest BCUT2D eigenvalue weighted by atomic mass is 10.1. The monoisotopic (exact) mass is 305 g/mol. The first-order valence-corrected chi connectivity index (χ1v) is 7.50. The number of ether oxygens (including phenoxy) is 1. The number of carbonyl (C=O) groups excluding carboxylic acids is 2. The van der Waals surface area contributed by atoms with Gasteiger partial charge in [0.2, 0.25) is 0 Å². The number of nitrogens with zero attached hydrogens (tertiary/aromatic N) is 2. The molecule has 1 aromatic rings. The number of hydrogen-bond acceptors (Lipinski definition) is 3. The van der Waals surface area contributed by atoms with Gasteiger partial charge in [0.25, 0.3) is 5.91 Å². The largest absolute Gasteiger partial charge is 0.497 e. The number of nitrogens with one attached hydrogen (secondary N) is 1. The van der Waals surface area contributed by atoms with E-state index in [1.807, 2.05) is 13.8 Å². The molecule has 0 unspecified atom stereocenters. The third-order valence-electron chi connectivity index (χ3n) is 3.60. The zero-order chi connectivity index (χ0) is 16.1. The van der Waals surface area contributed by atoms with E-state index in [9.17, 15) is 9.59 Å². The summed E-state index contributed by atoms with van der Waals surface area (Å²) in [5.41, 5.74) is 0.640. The summed E-state index contributed by atoms with van der Waals surface area (Å²) in [6.45, 7) is 6.08. The lowest BCUT2D eigenvalue weighted by Gasteiger charge is -2.35. The van der Waals surface area contributed by atoms with Crippen LogP contribution in [0.15, 0.2) is 24.3 Å². The summed E-state index contributed by atoms with van der Waals surface area (Å²) in [5, 5.41) is 2.87. The van der Waals surface area contributed by atoms with Gasteiger partial charge in [0.1, 0.15) is 5.75 Å². The second-order valence-corrected chi connectivity index (χ2v) is 5.61. The molecule has 1 heterocycles. The summed E-state index contributed by atoms with van der Waals surface area (Å²) in [5.74, 6) is 0.721. The van der Waals surface area contributed by atoms with E-state index in [2.05, 4.69) is 5.32 Å². The Hall–Kier alpha value is -2.24. The fourth-order valence-corrected chi connectivity index (χ4v) is 2.37. The molecule has 2 rings (SSSR count). The van der Waals surface area contributed by atoms with E-state index in [1.54, 1.807) is 41.2 Å². The number of carbonyl (C=O) groups is 2. The molecular weight excluding hydrogens is 282 g/mol. The van der Waals surface area contributed by atoms with E-state index in [0.29, 0.717) is 31.7 Å². The number of rotatable bonds is 3. The summed E-state index contributed by atoms with van der Waals surface area (Å²) in [6, 6.07) is 7.13. The molecule has 1 fully saturated rings. The Morgan fingerprint density at radius 3 is 2.09 bits per heavy atom. The highest BCUT2D eigenvalue weighted by Gasteiger charge is 2.24. The van der Waals surface area contributed by atoms with E-state index in [0.717, 1.165) is 5.75 Å². The van der Waals surface area contributed by atoms with Crippen molar-refractivity contribution < 1.29 is 14.3 Å². The van der Waals surface area contributed by atoms with E-state index in [1.165, 1.54) is 0 Å². The van der Waals surface area contributed by atoms with Crippen LogP contribution in [0.5, 0.6) is 5.75 Å². The molecule has 0 aromatic heterocycles. The highest BCUT2D eigenvalue weighted by Crippen LogP contribution is 2.14. The van der Waals surface area contributed by atoms with Crippen molar-refractivity contribution >= 4 is 11.9 Å². The Kier molecular flexibility index (Phi) is 5.25. The minimum absolute atomic E-state index is 0.00780. The lowest BCUT2D eigenvalue weighted by molar-refractivity contribution is 0.0664. The Morgan fingerprint density at radius 1 is 1.05 bits per heavy atom. The summed E-state index contributed by atoms with van der Waals surface area (Å²) in [6.07, 6.45) is 0. The first-order valence-electron chi connectivity index (χ1n) is 7.50. The van der Waals surface area contributed by atoms with Crippen LogP contribution in [0.2, 0.25) is 0 Å². The average Bonchev–Trinajstić information content (AvgIpc) is 2.54. The van der Waals surface area contributed by atoms with Gasteiger partial charge in [-0.25, -0.2) is 4.79 Å². The number of methoxy groups -OCH3 is 1. The van der Waals surface area contributed by atoms with Gasteiger partial charge in [-0.2, -0.15) is 0 Å². The number of amides is 3. The smallest absolute Gasteiger partial charge is 0.317 e. The standard InChI is InChI=1S/C16H23N3O3/c1-12(2)17-16(21)19-10-8-18(9-11-19)15(20)13-4-6-14(22-3)7-5-13/h4-7,12H,8-11H2,1-3H3,(H,17,21). The van der Waals surface area contributed by atoms with Crippen molar-refractivity contribution in [2.24, 2.45) is 0 Å². The Bertz CT molecular complexity index is 520. The van der Waals surface area contributed by atoms with Gasteiger partial charge in [0.05, 0.1) is 7.11 Å². The lowest BCUT2D eigenvalue weighted by Crippen LogP contribution is -2.54. The van der Waals surface area contributed by atoms with Crippen molar-refractivity contribution in [1.29, 1.82) is 0 Å². The molecule has 3 amide bonds. The van der Waals surface area contributed by atoms with Crippen LogP contribution in [0.3, 0.4) is 0 Å². The molecule has 1 saturated heterocycles. The molecule has 0 aliphatic carbocycles. The van der Waals surface area contributed by atoms with Crippen molar-refractivity contribution in [3.8, 4) is 5.75 Å². The molecule has 6 heteroatoms. The van der Waals surface area contributed by atoms with Gasteiger partial charge in [-0.3, -0.25) is 4.79 Å². The maximum atomic E-state index is 12.4. The molecule has 120 valence electrons. The molecule has 6 nitrogen and oxygen atoms in total. The van der Waals surface area contributed by atoms with Crippen molar-refractivity contribution in [2.75, 3.05) is 33.3 Å². The van der Waals surface area contributed by atoms with Gasteiger partial charge < -0.3 is 19.9 Å². The van der Waals surface area contributed by atoms with Crippen LogP contribution in [0, 0.1) is 0 Å². The molecule has 1 N–H and O–H groups in total. The maximum absolute atomic E-state index is 12.4. The van der Waals surface area contributed by atoms with Crippen LogP contribution in [0.25, 0.3) is 0 Å². The topological polar surface area (TPSA) is 61.9 Å².